The van der Waals surface area contributed by atoms with Crippen LogP contribution in [0.3, 0.4) is 0 Å². The summed E-state index contributed by atoms with van der Waals surface area (Å²) in [5, 5.41) is 0.916. The fraction of sp³-hybridized carbons (Fsp3) is 0.0667. The van der Waals surface area contributed by atoms with E-state index < -0.39 is 5.69 Å². The molecular formula is C15H10BrClN2O2. The molecule has 0 unspecified atom stereocenters. The zero-order valence-corrected chi connectivity index (χ0v) is 13.1. The first kappa shape index (κ1) is 14.1. The van der Waals surface area contributed by atoms with Crippen molar-refractivity contribution in [2.24, 2.45) is 0 Å². The fourth-order valence-corrected chi connectivity index (χ4v) is 2.58. The lowest BCUT2D eigenvalue weighted by Crippen LogP contribution is -2.35. The van der Waals surface area contributed by atoms with Gasteiger partial charge in [0.15, 0.2) is 0 Å². The molecule has 1 aromatic heterocycles. The van der Waals surface area contributed by atoms with Crippen LogP contribution in [0.4, 0.5) is 0 Å². The van der Waals surface area contributed by atoms with Crippen LogP contribution in [0, 0.1) is 0 Å². The lowest BCUT2D eigenvalue weighted by atomic mass is 10.2. The minimum atomic E-state index is -0.447. The topological polar surface area (TPSA) is 54.9 Å². The van der Waals surface area contributed by atoms with Gasteiger partial charge in [0.1, 0.15) is 0 Å². The molecule has 3 aromatic rings. The van der Waals surface area contributed by atoms with Crippen molar-refractivity contribution in [3.05, 3.63) is 78.4 Å². The molecule has 106 valence electrons. The van der Waals surface area contributed by atoms with Crippen LogP contribution in [0.2, 0.25) is 5.02 Å². The van der Waals surface area contributed by atoms with Crippen LogP contribution in [-0.2, 0) is 6.54 Å². The van der Waals surface area contributed by atoms with Crippen LogP contribution in [0.25, 0.3) is 10.9 Å². The van der Waals surface area contributed by atoms with Gasteiger partial charge in [-0.05, 0) is 35.9 Å². The third-order valence-corrected chi connectivity index (χ3v) is 3.96. The van der Waals surface area contributed by atoms with Crippen LogP contribution in [0.15, 0.2) is 56.5 Å². The molecule has 0 radical (unpaired) electrons. The Hall–Kier alpha value is -1.85. The van der Waals surface area contributed by atoms with Gasteiger partial charge in [0.25, 0.3) is 5.56 Å². The van der Waals surface area contributed by atoms with Gasteiger partial charge >= 0.3 is 5.69 Å². The van der Waals surface area contributed by atoms with Crippen LogP contribution in [0.5, 0.6) is 0 Å². The molecule has 0 saturated carbocycles. The molecule has 2 aromatic carbocycles. The van der Waals surface area contributed by atoms with Crippen molar-refractivity contribution in [2.45, 2.75) is 6.54 Å². The molecule has 0 aliphatic rings. The number of hydrogen-bond acceptors (Lipinski definition) is 2. The number of hydrogen-bond donors (Lipinski definition) is 1. The van der Waals surface area contributed by atoms with Gasteiger partial charge in [0.05, 0.1) is 17.4 Å². The maximum absolute atomic E-state index is 12.4. The minimum Gasteiger partial charge on any atom is -0.307 e. The summed E-state index contributed by atoms with van der Waals surface area (Å²) in [6, 6.07) is 12.3. The van der Waals surface area contributed by atoms with Crippen molar-refractivity contribution in [1.82, 2.24) is 9.55 Å². The predicted octanol–water partition coefficient (Wildman–Crippen LogP) is 3.15. The van der Waals surface area contributed by atoms with Gasteiger partial charge in [-0.3, -0.25) is 9.36 Å². The highest BCUT2D eigenvalue weighted by Gasteiger charge is 2.08. The van der Waals surface area contributed by atoms with Gasteiger partial charge < -0.3 is 4.98 Å². The predicted molar refractivity (Wildman–Crippen MR) is 87.1 cm³/mol. The Balaban J connectivity index is 2.14. The molecule has 0 fully saturated rings. The van der Waals surface area contributed by atoms with E-state index in [-0.39, 0.29) is 12.1 Å². The zero-order chi connectivity index (χ0) is 15.0. The van der Waals surface area contributed by atoms with Gasteiger partial charge in [-0.15, -0.1) is 0 Å². The van der Waals surface area contributed by atoms with Crippen LogP contribution < -0.4 is 11.2 Å². The molecule has 0 atom stereocenters. The molecule has 3 rings (SSSR count). The molecule has 1 heterocycles. The highest BCUT2D eigenvalue weighted by molar-refractivity contribution is 9.10. The van der Waals surface area contributed by atoms with Gasteiger partial charge in [0.2, 0.25) is 0 Å². The normalized spacial score (nSPS) is 11.0. The molecule has 0 saturated heterocycles. The van der Waals surface area contributed by atoms with Gasteiger partial charge in [-0.1, -0.05) is 39.7 Å². The summed E-state index contributed by atoms with van der Waals surface area (Å²) in [7, 11) is 0. The van der Waals surface area contributed by atoms with Gasteiger partial charge in [0, 0.05) is 9.50 Å². The van der Waals surface area contributed by atoms with Crippen molar-refractivity contribution in [2.75, 3.05) is 0 Å². The first-order valence-electron chi connectivity index (χ1n) is 6.21. The number of aromatic amines is 1. The highest BCUT2D eigenvalue weighted by Crippen LogP contribution is 2.14. The van der Waals surface area contributed by atoms with E-state index in [0.29, 0.717) is 15.9 Å². The Morgan fingerprint density at radius 3 is 2.52 bits per heavy atom. The van der Waals surface area contributed by atoms with Crippen LogP contribution in [0.1, 0.15) is 5.56 Å². The summed E-state index contributed by atoms with van der Waals surface area (Å²) < 4.78 is 2.13. The summed E-state index contributed by atoms with van der Waals surface area (Å²) in [6.45, 7) is 0.222. The summed E-state index contributed by atoms with van der Waals surface area (Å²) in [5.74, 6) is 0. The average molecular weight is 366 g/mol. The van der Waals surface area contributed by atoms with E-state index in [0.717, 1.165) is 10.0 Å². The molecule has 0 amide bonds. The Labute approximate surface area is 133 Å². The quantitative estimate of drug-likeness (QED) is 0.758. The van der Waals surface area contributed by atoms with E-state index in [1.54, 1.807) is 18.2 Å². The van der Waals surface area contributed by atoms with Crippen molar-refractivity contribution >= 4 is 38.4 Å². The Morgan fingerprint density at radius 1 is 1.10 bits per heavy atom. The molecule has 0 aliphatic heterocycles. The first-order chi connectivity index (χ1) is 10.0. The molecule has 1 N–H and O–H groups in total. The molecule has 4 nitrogen and oxygen atoms in total. The lowest BCUT2D eigenvalue weighted by Gasteiger charge is -2.07. The van der Waals surface area contributed by atoms with Gasteiger partial charge in [-0.2, -0.15) is 0 Å². The third kappa shape index (κ3) is 2.80. The van der Waals surface area contributed by atoms with E-state index in [9.17, 15) is 9.59 Å². The molecule has 21 heavy (non-hydrogen) atoms. The number of aromatic nitrogens is 2. The standard InChI is InChI=1S/C15H10BrClN2O2/c16-10-3-1-9(2-4-10)8-19-14(20)12-6-5-11(17)7-13(12)18-15(19)21/h1-7H,8H2,(H,18,21). The van der Waals surface area contributed by atoms with Crippen molar-refractivity contribution < 1.29 is 0 Å². The smallest absolute Gasteiger partial charge is 0.307 e. The average Bonchev–Trinajstić information content (AvgIpc) is 2.45. The summed E-state index contributed by atoms with van der Waals surface area (Å²) >= 11 is 9.22. The van der Waals surface area contributed by atoms with E-state index in [1.165, 1.54) is 4.57 Å². The number of nitrogens with zero attached hydrogens (tertiary/aromatic N) is 1. The summed E-state index contributed by atoms with van der Waals surface area (Å²) in [5.41, 5.74) is 0.551. The molecule has 0 bridgehead atoms. The number of fused-ring (bicyclic) bond motifs is 1. The van der Waals surface area contributed by atoms with Crippen LogP contribution >= 0.6 is 27.5 Å². The Kier molecular flexibility index (Phi) is 3.69. The molecular weight excluding hydrogens is 356 g/mol. The second-order valence-corrected chi connectivity index (χ2v) is 5.99. The number of halogens is 2. The maximum atomic E-state index is 12.4. The van der Waals surface area contributed by atoms with Crippen LogP contribution in [-0.4, -0.2) is 9.55 Å². The van der Waals surface area contributed by atoms with Crippen molar-refractivity contribution in [3.63, 3.8) is 0 Å². The summed E-state index contributed by atoms with van der Waals surface area (Å²) in [6.07, 6.45) is 0. The largest absolute Gasteiger partial charge is 0.329 e. The molecule has 0 aliphatic carbocycles. The van der Waals surface area contributed by atoms with Gasteiger partial charge in [-0.25, -0.2) is 4.79 Å². The lowest BCUT2D eigenvalue weighted by molar-refractivity contribution is 0.711. The van der Waals surface area contributed by atoms with Crippen molar-refractivity contribution in [1.29, 1.82) is 0 Å². The molecule has 6 heteroatoms. The second-order valence-electron chi connectivity index (χ2n) is 4.64. The monoisotopic (exact) mass is 364 g/mol. The summed E-state index contributed by atoms with van der Waals surface area (Å²) in [4.78, 5) is 27.2. The van der Waals surface area contributed by atoms with E-state index in [2.05, 4.69) is 20.9 Å². The number of benzene rings is 2. The SMILES string of the molecule is O=c1[nH]c2cc(Cl)ccc2c(=O)n1Cc1ccc(Br)cc1. The fourth-order valence-electron chi connectivity index (χ4n) is 2.14. The first-order valence-corrected chi connectivity index (χ1v) is 7.38. The number of nitrogens with one attached hydrogen (secondary N) is 1. The number of rotatable bonds is 2. The van der Waals surface area contributed by atoms with E-state index in [4.69, 9.17) is 11.6 Å². The minimum absolute atomic E-state index is 0.222. The maximum Gasteiger partial charge on any atom is 0.329 e. The van der Waals surface area contributed by atoms with Crippen molar-refractivity contribution in [3.8, 4) is 0 Å². The third-order valence-electron chi connectivity index (χ3n) is 3.20. The van der Waals surface area contributed by atoms with E-state index >= 15 is 0 Å². The molecule has 0 spiro atoms. The van der Waals surface area contributed by atoms with E-state index in [1.807, 2.05) is 24.3 Å². The Morgan fingerprint density at radius 2 is 1.81 bits per heavy atom. The number of H-pyrrole nitrogens is 1. The second kappa shape index (κ2) is 5.50. The highest BCUT2D eigenvalue weighted by atomic mass is 79.9. The zero-order valence-electron chi connectivity index (χ0n) is 10.8. The Bertz CT molecular complexity index is 929.